The molecule has 3 atom stereocenters. The van der Waals surface area contributed by atoms with Crippen molar-refractivity contribution in [2.24, 2.45) is 11.8 Å². The van der Waals surface area contributed by atoms with Gasteiger partial charge in [0.2, 0.25) is 0 Å². The molecule has 3 heteroatoms. The SMILES string of the molecule is Cc1cc(C)c(C(NN)C2COC(C)C2)cc1C. The summed E-state index contributed by atoms with van der Waals surface area (Å²) < 4.78 is 5.67. The zero-order valence-corrected chi connectivity index (χ0v) is 11.8. The fourth-order valence-electron chi connectivity index (χ4n) is 2.88. The Bertz CT molecular complexity index is 431. The second-order valence-electron chi connectivity index (χ2n) is 5.58. The third-order valence-corrected chi connectivity index (χ3v) is 4.10. The van der Waals surface area contributed by atoms with Gasteiger partial charge in [0.25, 0.3) is 0 Å². The second kappa shape index (κ2) is 5.39. The predicted octanol–water partition coefficient (Wildman–Crippen LogP) is 2.54. The van der Waals surface area contributed by atoms with E-state index >= 15 is 0 Å². The average Bonchev–Trinajstić information content (AvgIpc) is 2.73. The number of hydrogen-bond acceptors (Lipinski definition) is 3. The smallest absolute Gasteiger partial charge is 0.0551 e. The average molecular weight is 248 g/mol. The van der Waals surface area contributed by atoms with Gasteiger partial charge in [0.15, 0.2) is 0 Å². The Morgan fingerprint density at radius 2 is 1.89 bits per heavy atom. The van der Waals surface area contributed by atoms with Crippen LogP contribution in [0.3, 0.4) is 0 Å². The molecule has 0 radical (unpaired) electrons. The molecule has 1 fully saturated rings. The molecule has 0 saturated carbocycles. The third kappa shape index (κ3) is 2.58. The van der Waals surface area contributed by atoms with Crippen molar-refractivity contribution < 1.29 is 4.74 Å². The van der Waals surface area contributed by atoms with Crippen molar-refractivity contribution in [1.29, 1.82) is 0 Å². The van der Waals surface area contributed by atoms with Crippen LogP contribution in [0.5, 0.6) is 0 Å². The van der Waals surface area contributed by atoms with Gasteiger partial charge in [-0.25, -0.2) is 0 Å². The highest BCUT2D eigenvalue weighted by molar-refractivity contribution is 5.38. The van der Waals surface area contributed by atoms with Gasteiger partial charge in [0.05, 0.1) is 18.8 Å². The minimum atomic E-state index is 0.189. The van der Waals surface area contributed by atoms with Crippen molar-refractivity contribution in [2.75, 3.05) is 6.61 Å². The van der Waals surface area contributed by atoms with E-state index in [4.69, 9.17) is 10.6 Å². The van der Waals surface area contributed by atoms with Gasteiger partial charge < -0.3 is 4.74 Å². The van der Waals surface area contributed by atoms with Crippen molar-refractivity contribution in [1.82, 2.24) is 5.43 Å². The highest BCUT2D eigenvalue weighted by Gasteiger charge is 2.30. The molecule has 0 aliphatic carbocycles. The summed E-state index contributed by atoms with van der Waals surface area (Å²) in [5.41, 5.74) is 8.26. The highest BCUT2D eigenvalue weighted by atomic mass is 16.5. The van der Waals surface area contributed by atoms with Crippen LogP contribution in [0.4, 0.5) is 0 Å². The molecule has 100 valence electrons. The number of nitrogens with one attached hydrogen (secondary N) is 1. The molecule has 1 aromatic rings. The van der Waals surface area contributed by atoms with Crippen LogP contribution in [0.15, 0.2) is 12.1 Å². The van der Waals surface area contributed by atoms with Gasteiger partial charge in [-0.15, -0.1) is 0 Å². The van der Waals surface area contributed by atoms with Crippen molar-refractivity contribution in [3.05, 3.63) is 34.4 Å². The Balaban J connectivity index is 2.30. The maximum Gasteiger partial charge on any atom is 0.0551 e. The Kier molecular flexibility index (Phi) is 4.05. The second-order valence-corrected chi connectivity index (χ2v) is 5.58. The molecule has 2 rings (SSSR count). The minimum Gasteiger partial charge on any atom is -0.378 e. The van der Waals surface area contributed by atoms with E-state index in [1.54, 1.807) is 0 Å². The number of nitrogens with two attached hydrogens (primary N) is 1. The van der Waals surface area contributed by atoms with Crippen LogP contribution in [-0.2, 0) is 4.74 Å². The summed E-state index contributed by atoms with van der Waals surface area (Å²) in [5, 5.41) is 0. The van der Waals surface area contributed by atoms with Crippen LogP contribution in [0.25, 0.3) is 0 Å². The van der Waals surface area contributed by atoms with E-state index in [2.05, 4.69) is 45.3 Å². The van der Waals surface area contributed by atoms with E-state index in [9.17, 15) is 0 Å². The van der Waals surface area contributed by atoms with E-state index in [0.29, 0.717) is 12.0 Å². The van der Waals surface area contributed by atoms with Gasteiger partial charge in [0.1, 0.15) is 0 Å². The monoisotopic (exact) mass is 248 g/mol. The topological polar surface area (TPSA) is 47.3 Å². The van der Waals surface area contributed by atoms with Crippen molar-refractivity contribution in [3.63, 3.8) is 0 Å². The van der Waals surface area contributed by atoms with Crippen LogP contribution in [0.1, 0.15) is 41.6 Å². The summed E-state index contributed by atoms with van der Waals surface area (Å²) in [6.07, 6.45) is 1.42. The van der Waals surface area contributed by atoms with E-state index in [1.165, 1.54) is 22.3 Å². The summed E-state index contributed by atoms with van der Waals surface area (Å²) in [6, 6.07) is 4.70. The Labute approximate surface area is 110 Å². The molecule has 18 heavy (non-hydrogen) atoms. The van der Waals surface area contributed by atoms with Crippen LogP contribution >= 0.6 is 0 Å². The van der Waals surface area contributed by atoms with E-state index in [1.807, 2.05) is 0 Å². The number of benzene rings is 1. The molecule has 1 aliphatic heterocycles. The molecule has 1 aromatic carbocycles. The Morgan fingerprint density at radius 1 is 1.22 bits per heavy atom. The summed E-state index contributed by atoms with van der Waals surface area (Å²) in [4.78, 5) is 0. The highest BCUT2D eigenvalue weighted by Crippen LogP contribution is 2.33. The summed E-state index contributed by atoms with van der Waals surface area (Å²) in [6.45, 7) is 9.38. The van der Waals surface area contributed by atoms with Crippen molar-refractivity contribution >= 4 is 0 Å². The van der Waals surface area contributed by atoms with Gasteiger partial charge in [0, 0.05) is 5.92 Å². The molecule has 3 unspecified atom stereocenters. The first-order valence-corrected chi connectivity index (χ1v) is 6.68. The maximum absolute atomic E-state index is 5.78. The molecule has 3 N–H and O–H groups in total. The first-order valence-electron chi connectivity index (χ1n) is 6.68. The van der Waals surface area contributed by atoms with Gasteiger partial charge >= 0.3 is 0 Å². The largest absolute Gasteiger partial charge is 0.378 e. The zero-order chi connectivity index (χ0) is 13.3. The van der Waals surface area contributed by atoms with Crippen LogP contribution in [0.2, 0.25) is 0 Å². The fourth-order valence-corrected chi connectivity index (χ4v) is 2.88. The lowest BCUT2D eigenvalue weighted by molar-refractivity contribution is 0.117. The maximum atomic E-state index is 5.78. The quantitative estimate of drug-likeness (QED) is 0.638. The van der Waals surface area contributed by atoms with Crippen molar-refractivity contribution in [2.45, 2.75) is 46.3 Å². The van der Waals surface area contributed by atoms with Gasteiger partial charge in [-0.05, 0) is 56.4 Å². The predicted molar refractivity (Wildman–Crippen MR) is 74.2 cm³/mol. The molecule has 1 saturated heterocycles. The molecule has 0 aromatic heterocycles. The first-order chi connectivity index (χ1) is 8.52. The number of hydrazine groups is 1. The van der Waals surface area contributed by atoms with Gasteiger partial charge in [-0.1, -0.05) is 12.1 Å². The molecule has 1 aliphatic rings. The minimum absolute atomic E-state index is 0.189. The van der Waals surface area contributed by atoms with Gasteiger partial charge in [-0.3, -0.25) is 11.3 Å². The Hall–Kier alpha value is -0.900. The third-order valence-electron chi connectivity index (χ3n) is 4.10. The zero-order valence-electron chi connectivity index (χ0n) is 11.8. The molecule has 3 nitrogen and oxygen atoms in total. The molecule has 0 spiro atoms. The lowest BCUT2D eigenvalue weighted by atomic mass is 9.87. The molecule has 0 bridgehead atoms. The van der Waals surface area contributed by atoms with Crippen LogP contribution < -0.4 is 11.3 Å². The standard InChI is InChI=1S/C15H24N2O/c1-9-5-11(3)14(6-10(9)2)15(17-16)13-7-12(4)18-8-13/h5-6,12-13,15,17H,7-8,16H2,1-4H3. The van der Waals surface area contributed by atoms with Gasteiger partial charge in [-0.2, -0.15) is 0 Å². The van der Waals surface area contributed by atoms with Crippen molar-refractivity contribution in [3.8, 4) is 0 Å². The number of aryl methyl sites for hydroxylation is 3. The number of hydrogen-bond donors (Lipinski definition) is 2. The van der Waals surface area contributed by atoms with E-state index < -0.39 is 0 Å². The lowest BCUT2D eigenvalue weighted by Gasteiger charge is -2.24. The fraction of sp³-hybridized carbons (Fsp3) is 0.600. The first kappa shape index (κ1) is 13.5. The molecule has 0 amide bonds. The van der Waals surface area contributed by atoms with Crippen LogP contribution in [0, 0.1) is 26.7 Å². The molecule has 1 heterocycles. The molecular weight excluding hydrogens is 224 g/mol. The molecular formula is C15H24N2O. The Morgan fingerprint density at radius 3 is 2.44 bits per heavy atom. The summed E-state index contributed by atoms with van der Waals surface area (Å²) >= 11 is 0. The summed E-state index contributed by atoms with van der Waals surface area (Å²) in [5.74, 6) is 6.25. The van der Waals surface area contributed by atoms with E-state index in [0.717, 1.165) is 13.0 Å². The summed E-state index contributed by atoms with van der Waals surface area (Å²) in [7, 11) is 0. The lowest BCUT2D eigenvalue weighted by Crippen LogP contribution is -2.34. The van der Waals surface area contributed by atoms with E-state index in [-0.39, 0.29) is 6.04 Å². The number of ether oxygens (including phenoxy) is 1. The number of rotatable bonds is 3. The normalized spacial score (nSPS) is 25.4. The van der Waals surface area contributed by atoms with Crippen LogP contribution in [-0.4, -0.2) is 12.7 Å².